The number of carbonyl (C=O) groups excluding carboxylic acids is 1. The lowest BCUT2D eigenvalue weighted by Gasteiger charge is -2.28. The van der Waals surface area contributed by atoms with Gasteiger partial charge in [-0.05, 0) is 55.7 Å². The highest BCUT2D eigenvalue weighted by Gasteiger charge is 2.23. The van der Waals surface area contributed by atoms with Crippen LogP contribution < -0.4 is 16.2 Å². The van der Waals surface area contributed by atoms with Crippen LogP contribution in [-0.2, 0) is 18.4 Å². The third kappa shape index (κ3) is 4.62. The number of aromatic nitrogens is 5. The first kappa shape index (κ1) is 25.4. The van der Waals surface area contributed by atoms with Crippen molar-refractivity contribution in [3.8, 4) is 5.69 Å². The van der Waals surface area contributed by atoms with E-state index in [4.69, 9.17) is 4.98 Å². The summed E-state index contributed by atoms with van der Waals surface area (Å²) in [6.45, 7) is 11.5. The van der Waals surface area contributed by atoms with Crippen molar-refractivity contribution in [3.05, 3.63) is 69.9 Å². The van der Waals surface area contributed by atoms with Crippen LogP contribution in [0.3, 0.4) is 0 Å². The number of hydrogen-bond donors (Lipinski definition) is 2. The van der Waals surface area contributed by atoms with Crippen LogP contribution in [0.25, 0.3) is 16.7 Å². The van der Waals surface area contributed by atoms with Gasteiger partial charge in [0.2, 0.25) is 5.95 Å². The molecule has 2 N–H and O–H groups in total. The van der Waals surface area contributed by atoms with Gasteiger partial charge in [-0.15, -0.1) is 0 Å². The Balaban J connectivity index is 1.54. The Hall–Kier alpha value is -4.21. The minimum absolute atomic E-state index is 0.0669. The molecule has 1 aliphatic heterocycles. The van der Waals surface area contributed by atoms with Gasteiger partial charge in [0.25, 0.3) is 5.56 Å². The zero-order chi connectivity index (χ0) is 27.2. The van der Waals surface area contributed by atoms with Gasteiger partial charge in [0.1, 0.15) is 5.39 Å². The van der Waals surface area contributed by atoms with E-state index in [1.807, 2.05) is 42.8 Å². The fourth-order valence-electron chi connectivity index (χ4n) is 4.83. The predicted molar refractivity (Wildman–Crippen MR) is 148 cm³/mol. The first-order valence-corrected chi connectivity index (χ1v) is 12.9. The quantitative estimate of drug-likeness (QED) is 0.420. The molecule has 0 radical (unpaired) electrons. The van der Waals surface area contributed by atoms with Gasteiger partial charge in [-0.2, -0.15) is 4.98 Å². The van der Waals surface area contributed by atoms with E-state index in [1.54, 1.807) is 29.0 Å². The number of carbonyl (C=O) groups is 1. The number of amides is 2. The highest BCUT2D eigenvalue weighted by molar-refractivity contribution is 5.77. The number of urea groups is 1. The number of hydrogen-bond acceptors (Lipinski definition) is 6. The Labute approximate surface area is 221 Å². The number of pyridine rings is 1. The van der Waals surface area contributed by atoms with Crippen LogP contribution in [0.4, 0.5) is 16.4 Å². The number of nitrogens with one attached hydrogen (secondary N) is 2. The number of fused-ring (bicyclic) bond motifs is 2. The zero-order valence-electron chi connectivity index (χ0n) is 22.7. The maximum absolute atomic E-state index is 13.4. The second kappa shape index (κ2) is 9.59. The summed E-state index contributed by atoms with van der Waals surface area (Å²) in [6, 6.07) is 9.82. The summed E-state index contributed by atoms with van der Waals surface area (Å²) in [6.07, 6.45) is 4.14. The van der Waals surface area contributed by atoms with Crippen molar-refractivity contribution in [2.24, 2.45) is 0 Å². The Bertz CT molecular complexity index is 1580. The third-order valence-electron chi connectivity index (χ3n) is 6.84. The molecule has 0 unspecified atom stereocenters. The Kier molecular flexibility index (Phi) is 6.42. The Morgan fingerprint density at radius 3 is 2.58 bits per heavy atom. The number of benzene rings is 1. The molecule has 0 bridgehead atoms. The zero-order valence-corrected chi connectivity index (χ0v) is 22.7. The summed E-state index contributed by atoms with van der Waals surface area (Å²) in [5, 5.41) is 6.46. The topological polar surface area (TPSA) is 110 Å². The van der Waals surface area contributed by atoms with E-state index in [-0.39, 0.29) is 23.0 Å². The van der Waals surface area contributed by atoms with Crippen LogP contribution in [0.2, 0.25) is 0 Å². The molecule has 3 aromatic heterocycles. The molecule has 0 saturated carbocycles. The summed E-state index contributed by atoms with van der Waals surface area (Å²) in [4.78, 5) is 41.0. The summed E-state index contributed by atoms with van der Waals surface area (Å²) in [7, 11) is 1.65. The maximum atomic E-state index is 13.4. The van der Waals surface area contributed by atoms with Gasteiger partial charge in [-0.1, -0.05) is 26.8 Å². The monoisotopic (exact) mass is 514 g/mol. The van der Waals surface area contributed by atoms with Crippen molar-refractivity contribution in [1.82, 2.24) is 34.5 Å². The second-order valence-electron chi connectivity index (χ2n) is 11.0. The standard InChI is InChI=1S/C28H34N8O2/c1-17(2)35-25(37)22-15-31-26(33-24(22)36(35)21-9-11-30-23(14-21)28(3,4)5)32-20-8-7-19-16-34(27(38)29-6)12-10-18(19)13-20/h7-9,11,13-15,17H,10,12,16H2,1-6H3,(H,29,38)(H,31,32,33). The molecule has 1 aliphatic rings. The molecule has 1 aromatic carbocycles. The Morgan fingerprint density at radius 1 is 1.08 bits per heavy atom. The van der Waals surface area contributed by atoms with Gasteiger partial charge in [0.15, 0.2) is 5.65 Å². The molecule has 2 amide bonds. The van der Waals surface area contributed by atoms with Crippen LogP contribution >= 0.6 is 0 Å². The van der Waals surface area contributed by atoms with E-state index in [0.717, 1.165) is 29.1 Å². The smallest absolute Gasteiger partial charge is 0.317 e. The summed E-state index contributed by atoms with van der Waals surface area (Å²) < 4.78 is 3.58. The van der Waals surface area contributed by atoms with Crippen molar-refractivity contribution in [3.63, 3.8) is 0 Å². The highest BCUT2D eigenvalue weighted by Crippen LogP contribution is 2.27. The van der Waals surface area contributed by atoms with Crippen molar-refractivity contribution >= 4 is 28.7 Å². The van der Waals surface area contributed by atoms with Crippen LogP contribution in [0.5, 0.6) is 0 Å². The van der Waals surface area contributed by atoms with Gasteiger partial charge in [-0.25, -0.2) is 19.1 Å². The van der Waals surface area contributed by atoms with Gasteiger partial charge >= 0.3 is 6.03 Å². The van der Waals surface area contributed by atoms with E-state index in [1.165, 1.54) is 5.56 Å². The SMILES string of the molecule is CNC(=O)N1CCc2cc(Nc3ncc4c(=O)n(C(C)C)n(-c5ccnc(C(C)(C)C)c5)c4n3)ccc2C1. The molecular weight excluding hydrogens is 480 g/mol. The molecule has 0 fully saturated rings. The van der Waals surface area contributed by atoms with Crippen molar-refractivity contribution in [2.75, 3.05) is 18.9 Å². The first-order chi connectivity index (χ1) is 18.1. The maximum Gasteiger partial charge on any atom is 0.317 e. The number of rotatable bonds is 4. The summed E-state index contributed by atoms with van der Waals surface area (Å²) in [5.41, 5.74) is 5.17. The molecule has 10 nitrogen and oxygen atoms in total. The molecule has 5 rings (SSSR count). The van der Waals surface area contributed by atoms with Gasteiger partial charge < -0.3 is 15.5 Å². The van der Waals surface area contributed by atoms with Crippen molar-refractivity contribution in [1.29, 1.82) is 0 Å². The normalized spacial score (nSPS) is 13.6. The molecule has 10 heteroatoms. The minimum atomic E-state index is -0.145. The minimum Gasteiger partial charge on any atom is -0.341 e. The number of nitrogens with zero attached hydrogens (tertiary/aromatic N) is 6. The Morgan fingerprint density at radius 2 is 1.87 bits per heavy atom. The largest absolute Gasteiger partial charge is 0.341 e. The van der Waals surface area contributed by atoms with Gasteiger partial charge in [-0.3, -0.25) is 9.78 Å². The van der Waals surface area contributed by atoms with Gasteiger partial charge in [0.05, 0.1) is 5.69 Å². The van der Waals surface area contributed by atoms with E-state index >= 15 is 0 Å². The van der Waals surface area contributed by atoms with Crippen LogP contribution in [0, 0.1) is 0 Å². The fraction of sp³-hybridized carbons (Fsp3) is 0.393. The van der Waals surface area contributed by atoms with E-state index < -0.39 is 0 Å². The fourth-order valence-corrected chi connectivity index (χ4v) is 4.83. The second-order valence-corrected chi connectivity index (χ2v) is 11.0. The lowest BCUT2D eigenvalue weighted by molar-refractivity contribution is 0.194. The van der Waals surface area contributed by atoms with Crippen LogP contribution in [-0.4, -0.2) is 48.8 Å². The van der Waals surface area contributed by atoms with E-state index in [0.29, 0.717) is 30.1 Å². The van der Waals surface area contributed by atoms with E-state index in [2.05, 4.69) is 47.4 Å². The predicted octanol–water partition coefficient (Wildman–Crippen LogP) is 4.30. The molecule has 38 heavy (non-hydrogen) atoms. The molecular formula is C28H34N8O2. The van der Waals surface area contributed by atoms with Crippen molar-refractivity contribution < 1.29 is 4.79 Å². The molecule has 4 heterocycles. The molecule has 4 aromatic rings. The van der Waals surface area contributed by atoms with Crippen molar-refractivity contribution in [2.45, 2.75) is 59.0 Å². The molecule has 0 aliphatic carbocycles. The summed E-state index contributed by atoms with van der Waals surface area (Å²) >= 11 is 0. The molecule has 198 valence electrons. The lowest BCUT2D eigenvalue weighted by Crippen LogP contribution is -2.41. The first-order valence-electron chi connectivity index (χ1n) is 12.9. The third-order valence-corrected chi connectivity index (χ3v) is 6.84. The molecule has 0 saturated heterocycles. The number of anilines is 2. The highest BCUT2D eigenvalue weighted by atomic mass is 16.2. The average Bonchev–Trinajstić information content (AvgIpc) is 3.19. The van der Waals surface area contributed by atoms with Gasteiger partial charge in [0, 0.05) is 55.4 Å². The lowest BCUT2D eigenvalue weighted by atomic mass is 9.91. The molecule has 0 atom stereocenters. The van der Waals surface area contributed by atoms with Crippen LogP contribution in [0.1, 0.15) is 57.5 Å². The summed E-state index contributed by atoms with van der Waals surface area (Å²) in [5.74, 6) is 0.403. The molecule has 0 spiro atoms. The van der Waals surface area contributed by atoms with E-state index in [9.17, 15) is 9.59 Å². The van der Waals surface area contributed by atoms with Crippen LogP contribution in [0.15, 0.2) is 47.5 Å². The average molecular weight is 515 g/mol.